The second-order valence-corrected chi connectivity index (χ2v) is 4.90. The molecule has 84 valence electrons. The first kappa shape index (κ1) is 12.9. The van der Waals surface area contributed by atoms with E-state index in [0.717, 1.165) is 19.7 Å². The average Bonchev–Trinajstić information content (AvgIpc) is 2.25. The largest absolute Gasteiger partial charge is 0.383 e. The SMILES string of the molecule is COCCNCC(C)c1ccc(I)cc1. The van der Waals surface area contributed by atoms with Crippen LogP contribution in [0.15, 0.2) is 24.3 Å². The first-order chi connectivity index (χ1) is 7.24. The van der Waals surface area contributed by atoms with E-state index in [0.29, 0.717) is 5.92 Å². The summed E-state index contributed by atoms with van der Waals surface area (Å²) in [6.07, 6.45) is 0. The van der Waals surface area contributed by atoms with Gasteiger partial charge in [-0.2, -0.15) is 0 Å². The fourth-order valence-corrected chi connectivity index (χ4v) is 1.76. The van der Waals surface area contributed by atoms with E-state index in [1.54, 1.807) is 7.11 Å². The highest BCUT2D eigenvalue weighted by Gasteiger charge is 2.03. The normalized spacial score (nSPS) is 12.7. The van der Waals surface area contributed by atoms with Gasteiger partial charge >= 0.3 is 0 Å². The summed E-state index contributed by atoms with van der Waals surface area (Å²) in [5.41, 5.74) is 1.39. The minimum atomic E-state index is 0.554. The van der Waals surface area contributed by atoms with Gasteiger partial charge in [0.1, 0.15) is 0 Å². The Morgan fingerprint density at radius 1 is 1.33 bits per heavy atom. The molecule has 1 aromatic carbocycles. The van der Waals surface area contributed by atoms with E-state index in [1.165, 1.54) is 9.13 Å². The van der Waals surface area contributed by atoms with Gasteiger partial charge in [0, 0.05) is 23.8 Å². The quantitative estimate of drug-likeness (QED) is 0.643. The van der Waals surface area contributed by atoms with Crippen LogP contribution in [0, 0.1) is 3.57 Å². The Labute approximate surface area is 106 Å². The molecule has 1 unspecified atom stereocenters. The summed E-state index contributed by atoms with van der Waals surface area (Å²) < 4.78 is 6.27. The van der Waals surface area contributed by atoms with Crippen LogP contribution in [0.4, 0.5) is 0 Å². The molecule has 0 saturated heterocycles. The summed E-state index contributed by atoms with van der Waals surface area (Å²) in [7, 11) is 1.73. The third-order valence-electron chi connectivity index (χ3n) is 2.37. The summed E-state index contributed by atoms with van der Waals surface area (Å²) in [6, 6.07) is 8.71. The van der Waals surface area contributed by atoms with Crippen molar-refractivity contribution in [3.8, 4) is 0 Å². The predicted molar refractivity (Wildman–Crippen MR) is 72.3 cm³/mol. The Hall–Kier alpha value is -0.130. The van der Waals surface area contributed by atoms with Gasteiger partial charge in [-0.3, -0.25) is 0 Å². The van der Waals surface area contributed by atoms with Crippen LogP contribution in [0.1, 0.15) is 18.4 Å². The highest BCUT2D eigenvalue weighted by Crippen LogP contribution is 2.15. The molecule has 2 nitrogen and oxygen atoms in total. The Morgan fingerprint density at radius 2 is 2.00 bits per heavy atom. The van der Waals surface area contributed by atoms with Crippen molar-refractivity contribution in [1.29, 1.82) is 0 Å². The molecule has 3 heteroatoms. The molecule has 1 N–H and O–H groups in total. The molecule has 0 amide bonds. The van der Waals surface area contributed by atoms with Crippen LogP contribution in [-0.2, 0) is 4.74 Å². The fraction of sp³-hybridized carbons (Fsp3) is 0.500. The number of halogens is 1. The average molecular weight is 319 g/mol. The van der Waals surface area contributed by atoms with E-state index in [-0.39, 0.29) is 0 Å². The predicted octanol–water partition coefficient (Wildman–Crippen LogP) is 2.63. The molecule has 0 aliphatic carbocycles. The Balaban J connectivity index is 2.33. The zero-order valence-electron chi connectivity index (χ0n) is 9.29. The van der Waals surface area contributed by atoms with Crippen molar-refractivity contribution in [3.63, 3.8) is 0 Å². The van der Waals surface area contributed by atoms with Crippen LogP contribution in [-0.4, -0.2) is 26.8 Å². The number of nitrogens with one attached hydrogen (secondary N) is 1. The maximum absolute atomic E-state index is 4.98. The van der Waals surface area contributed by atoms with Gasteiger partial charge in [0.2, 0.25) is 0 Å². The van der Waals surface area contributed by atoms with Crippen molar-refractivity contribution in [2.45, 2.75) is 12.8 Å². The lowest BCUT2D eigenvalue weighted by molar-refractivity contribution is 0.199. The molecule has 0 heterocycles. The lowest BCUT2D eigenvalue weighted by Gasteiger charge is -2.12. The van der Waals surface area contributed by atoms with E-state index in [2.05, 4.69) is 59.1 Å². The fourth-order valence-electron chi connectivity index (χ4n) is 1.40. The van der Waals surface area contributed by atoms with Gasteiger partial charge in [0.05, 0.1) is 6.61 Å². The monoisotopic (exact) mass is 319 g/mol. The molecule has 0 bridgehead atoms. The van der Waals surface area contributed by atoms with Crippen molar-refractivity contribution < 1.29 is 4.74 Å². The highest BCUT2D eigenvalue weighted by molar-refractivity contribution is 14.1. The van der Waals surface area contributed by atoms with E-state index >= 15 is 0 Å². The smallest absolute Gasteiger partial charge is 0.0587 e. The summed E-state index contributed by atoms with van der Waals surface area (Å²) in [5, 5.41) is 3.37. The van der Waals surface area contributed by atoms with Crippen LogP contribution in [0.25, 0.3) is 0 Å². The molecule has 1 rings (SSSR count). The molecule has 0 aromatic heterocycles. The number of hydrogen-bond acceptors (Lipinski definition) is 2. The molecular weight excluding hydrogens is 301 g/mol. The van der Waals surface area contributed by atoms with E-state index < -0.39 is 0 Å². The maximum Gasteiger partial charge on any atom is 0.0587 e. The number of rotatable bonds is 6. The molecule has 0 saturated carbocycles. The van der Waals surface area contributed by atoms with Gasteiger partial charge in [-0.15, -0.1) is 0 Å². The second-order valence-electron chi connectivity index (χ2n) is 3.65. The van der Waals surface area contributed by atoms with Crippen molar-refractivity contribution in [3.05, 3.63) is 33.4 Å². The molecule has 15 heavy (non-hydrogen) atoms. The summed E-state index contributed by atoms with van der Waals surface area (Å²) >= 11 is 2.33. The van der Waals surface area contributed by atoms with Gasteiger partial charge in [0.15, 0.2) is 0 Å². The molecule has 0 fully saturated rings. The molecule has 0 spiro atoms. The third kappa shape index (κ3) is 4.95. The third-order valence-corrected chi connectivity index (χ3v) is 3.09. The molecule has 1 aromatic rings. The molecular formula is C12H18INO. The van der Waals surface area contributed by atoms with E-state index in [9.17, 15) is 0 Å². The van der Waals surface area contributed by atoms with Crippen LogP contribution >= 0.6 is 22.6 Å². The van der Waals surface area contributed by atoms with Gasteiger partial charge in [-0.05, 0) is 46.2 Å². The van der Waals surface area contributed by atoms with Crippen LogP contribution in [0.2, 0.25) is 0 Å². The molecule has 0 aliphatic heterocycles. The highest BCUT2D eigenvalue weighted by atomic mass is 127. The number of hydrogen-bond donors (Lipinski definition) is 1. The lowest BCUT2D eigenvalue weighted by atomic mass is 10.0. The zero-order chi connectivity index (χ0) is 11.1. The van der Waals surface area contributed by atoms with Gasteiger partial charge in [-0.25, -0.2) is 0 Å². The summed E-state index contributed by atoms with van der Waals surface area (Å²) in [4.78, 5) is 0. The molecule has 1 atom stereocenters. The summed E-state index contributed by atoms with van der Waals surface area (Å²) in [5.74, 6) is 0.554. The lowest BCUT2D eigenvalue weighted by Crippen LogP contribution is -2.23. The first-order valence-electron chi connectivity index (χ1n) is 5.19. The van der Waals surface area contributed by atoms with Gasteiger partial charge in [0.25, 0.3) is 0 Å². The number of ether oxygens (including phenoxy) is 1. The van der Waals surface area contributed by atoms with E-state index in [1.807, 2.05) is 0 Å². The van der Waals surface area contributed by atoms with Crippen LogP contribution < -0.4 is 5.32 Å². The maximum atomic E-state index is 4.98. The molecule has 0 aliphatic rings. The Morgan fingerprint density at radius 3 is 2.60 bits per heavy atom. The van der Waals surface area contributed by atoms with Crippen LogP contribution in [0.3, 0.4) is 0 Å². The van der Waals surface area contributed by atoms with Crippen molar-refractivity contribution in [2.75, 3.05) is 26.8 Å². The van der Waals surface area contributed by atoms with Gasteiger partial charge < -0.3 is 10.1 Å². The van der Waals surface area contributed by atoms with Crippen molar-refractivity contribution in [1.82, 2.24) is 5.32 Å². The van der Waals surface area contributed by atoms with Crippen molar-refractivity contribution in [2.24, 2.45) is 0 Å². The summed E-state index contributed by atoms with van der Waals surface area (Å²) in [6.45, 7) is 4.94. The number of benzene rings is 1. The second kappa shape index (κ2) is 7.19. The van der Waals surface area contributed by atoms with Crippen molar-refractivity contribution >= 4 is 22.6 Å². The van der Waals surface area contributed by atoms with Crippen LogP contribution in [0.5, 0.6) is 0 Å². The topological polar surface area (TPSA) is 21.3 Å². The minimum Gasteiger partial charge on any atom is -0.383 e. The van der Waals surface area contributed by atoms with E-state index in [4.69, 9.17) is 4.74 Å². The number of methoxy groups -OCH3 is 1. The van der Waals surface area contributed by atoms with Gasteiger partial charge in [-0.1, -0.05) is 19.1 Å². The molecule has 0 radical (unpaired) electrons. The Bertz CT molecular complexity index is 273. The first-order valence-corrected chi connectivity index (χ1v) is 6.27. The standard InChI is InChI=1S/C12H18INO/c1-10(9-14-7-8-15-2)11-3-5-12(13)6-4-11/h3-6,10,14H,7-9H2,1-2H3. The minimum absolute atomic E-state index is 0.554. The zero-order valence-corrected chi connectivity index (χ0v) is 11.5. The Kier molecular flexibility index (Phi) is 6.20.